The standard InChI is InChI=1S/C21H15ClN2O3S3/c22-18-10-11-19(29-18)30(26,27)24-17-12-13-28-20(17)21(25)23-16-8-6-15(7-9-16)14-4-2-1-3-5-14/h1-13,24H,(H,23,25). The van der Waals surface area contributed by atoms with Gasteiger partial charge in [0.05, 0.1) is 10.0 Å². The summed E-state index contributed by atoms with van der Waals surface area (Å²) in [6, 6.07) is 21.9. The molecular formula is C21H15ClN2O3S3. The lowest BCUT2D eigenvalue weighted by atomic mass is 10.1. The number of carbonyl (C=O) groups is 1. The normalized spacial score (nSPS) is 11.2. The van der Waals surface area contributed by atoms with Gasteiger partial charge in [-0.3, -0.25) is 9.52 Å². The monoisotopic (exact) mass is 474 g/mol. The second kappa shape index (κ2) is 8.61. The van der Waals surface area contributed by atoms with Crippen LogP contribution in [0.2, 0.25) is 4.34 Å². The molecule has 9 heteroatoms. The molecule has 30 heavy (non-hydrogen) atoms. The number of benzene rings is 2. The molecular weight excluding hydrogens is 460 g/mol. The molecule has 2 heterocycles. The third-order valence-electron chi connectivity index (χ3n) is 4.18. The maximum absolute atomic E-state index is 12.7. The number of thiophene rings is 2. The summed E-state index contributed by atoms with van der Waals surface area (Å²) < 4.78 is 28.0. The van der Waals surface area contributed by atoms with Gasteiger partial charge < -0.3 is 5.32 Å². The Balaban J connectivity index is 1.49. The van der Waals surface area contributed by atoms with E-state index >= 15 is 0 Å². The Labute approximate surface area is 187 Å². The zero-order valence-electron chi connectivity index (χ0n) is 15.3. The molecule has 0 fully saturated rings. The minimum atomic E-state index is -3.82. The molecule has 2 N–H and O–H groups in total. The summed E-state index contributed by atoms with van der Waals surface area (Å²) in [7, 11) is -3.82. The van der Waals surface area contributed by atoms with Crippen molar-refractivity contribution in [3.8, 4) is 11.1 Å². The van der Waals surface area contributed by atoms with Gasteiger partial charge >= 0.3 is 0 Å². The molecule has 2 aromatic carbocycles. The van der Waals surface area contributed by atoms with Crippen molar-refractivity contribution in [1.82, 2.24) is 0 Å². The highest BCUT2D eigenvalue weighted by atomic mass is 35.5. The highest BCUT2D eigenvalue weighted by molar-refractivity contribution is 7.94. The molecule has 4 rings (SSSR count). The van der Waals surface area contributed by atoms with Gasteiger partial charge in [0.2, 0.25) is 0 Å². The van der Waals surface area contributed by atoms with Crippen molar-refractivity contribution in [2.75, 3.05) is 10.0 Å². The highest BCUT2D eigenvalue weighted by Crippen LogP contribution is 2.30. The summed E-state index contributed by atoms with van der Waals surface area (Å²) in [6.07, 6.45) is 0. The molecule has 0 unspecified atom stereocenters. The number of hydrogen-bond acceptors (Lipinski definition) is 5. The number of halogens is 1. The van der Waals surface area contributed by atoms with Crippen LogP contribution in [0.1, 0.15) is 9.67 Å². The molecule has 0 aliphatic carbocycles. The van der Waals surface area contributed by atoms with Crippen molar-refractivity contribution < 1.29 is 13.2 Å². The Morgan fingerprint density at radius 3 is 2.23 bits per heavy atom. The minimum absolute atomic E-state index is 0.0848. The predicted octanol–water partition coefficient (Wildman–Crippen LogP) is 6.18. The molecule has 2 aromatic heterocycles. The molecule has 0 saturated carbocycles. The molecule has 0 atom stereocenters. The average molecular weight is 475 g/mol. The molecule has 152 valence electrons. The summed E-state index contributed by atoms with van der Waals surface area (Å²) in [6.45, 7) is 0. The first kappa shape index (κ1) is 20.6. The number of nitrogens with one attached hydrogen (secondary N) is 2. The van der Waals surface area contributed by atoms with E-state index in [9.17, 15) is 13.2 Å². The van der Waals surface area contributed by atoms with Crippen LogP contribution in [0.5, 0.6) is 0 Å². The van der Waals surface area contributed by atoms with Crippen LogP contribution in [0.4, 0.5) is 11.4 Å². The van der Waals surface area contributed by atoms with Gasteiger partial charge in [-0.1, -0.05) is 54.1 Å². The number of anilines is 2. The largest absolute Gasteiger partial charge is 0.321 e. The second-order valence-electron chi connectivity index (χ2n) is 6.22. The third kappa shape index (κ3) is 4.57. The highest BCUT2D eigenvalue weighted by Gasteiger charge is 2.21. The van der Waals surface area contributed by atoms with Crippen LogP contribution in [-0.4, -0.2) is 14.3 Å². The number of sulfonamides is 1. The molecule has 5 nitrogen and oxygen atoms in total. The first-order chi connectivity index (χ1) is 14.4. The van der Waals surface area contributed by atoms with Gasteiger partial charge in [0.1, 0.15) is 9.09 Å². The first-order valence-corrected chi connectivity index (χ1v) is 12.3. The second-order valence-corrected chi connectivity index (χ2v) is 10.8. The fraction of sp³-hybridized carbons (Fsp3) is 0. The topological polar surface area (TPSA) is 75.3 Å². The maximum atomic E-state index is 12.7. The van der Waals surface area contributed by atoms with Crippen LogP contribution >= 0.6 is 34.3 Å². The number of carbonyl (C=O) groups excluding carboxylic acids is 1. The van der Waals surface area contributed by atoms with E-state index in [1.165, 1.54) is 12.1 Å². The average Bonchev–Trinajstić information content (AvgIpc) is 3.38. The van der Waals surface area contributed by atoms with Gasteiger partial charge in [0, 0.05) is 5.69 Å². The molecule has 0 bridgehead atoms. The molecule has 0 saturated heterocycles. The van der Waals surface area contributed by atoms with Gasteiger partial charge in [0.25, 0.3) is 15.9 Å². The number of hydrogen-bond donors (Lipinski definition) is 2. The lowest BCUT2D eigenvalue weighted by molar-refractivity contribution is 0.103. The van der Waals surface area contributed by atoms with Crippen LogP contribution in [0, 0.1) is 0 Å². The predicted molar refractivity (Wildman–Crippen MR) is 124 cm³/mol. The van der Waals surface area contributed by atoms with Crippen LogP contribution in [0.25, 0.3) is 11.1 Å². The van der Waals surface area contributed by atoms with Crippen LogP contribution in [0.15, 0.2) is 82.4 Å². The Morgan fingerprint density at radius 1 is 0.867 bits per heavy atom. The fourth-order valence-electron chi connectivity index (χ4n) is 2.77. The van der Waals surface area contributed by atoms with E-state index in [0.717, 1.165) is 33.8 Å². The number of rotatable bonds is 6. The Morgan fingerprint density at radius 2 is 1.57 bits per heavy atom. The summed E-state index contributed by atoms with van der Waals surface area (Å²) >= 11 is 7.94. The Kier molecular flexibility index (Phi) is 5.92. The minimum Gasteiger partial charge on any atom is -0.321 e. The summed E-state index contributed by atoms with van der Waals surface area (Å²) in [5.74, 6) is -0.389. The molecule has 4 aromatic rings. The molecule has 0 radical (unpaired) electrons. The van der Waals surface area contributed by atoms with Crippen molar-refractivity contribution in [2.45, 2.75) is 4.21 Å². The molecule has 1 amide bonds. The summed E-state index contributed by atoms with van der Waals surface area (Å²) in [4.78, 5) is 13.0. The fourth-order valence-corrected chi connectivity index (χ4v) is 6.13. The van der Waals surface area contributed by atoms with Gasteiger partial charge in [-0.2, -0.15) is 0 Å². The van der Waals surface area contributed by atoms with E-state index in [2.05, 4.69) is 10.0 Å². The summed E-state index contributed by atoms with van der Waals surface area (Å²) in [5.41, 5.74) is 2.96. The van der Waals surface area contributed by atoms with Crippen molar-refractivity contribution in [1.29, 1.82) is 0 Å². The van der Waals surface area contributed by atoms with Crippen LogP contribution in [-0.2, 0) is 10.0 Å². The zero-order chi connectivity index (χ0) is 21.1. The zero-order valence-corrected chi connectivity index (χ0v) is 18.5. The van der Waals surface area contributed by atoms with Crippen molar-refractivity contribution in [3.05, 3.63) is 87.4 Å². The van der Waals surface area contributed by atoms with E-state index in [0.29, 0.717) is 10.0 Å². The van der Waals surface area contributed by atoms with Crippen molar-refractivity contribution >= 4 is 61.6 Å². The van der Waals surface area contributed by atoms with E-state index in [1.807, 2.05) is 54.6 Å². The third-order valence-corrected chi connectivity index (χ3v) is 8.18. The van der Waals surface area contributed by atoms with E-state index < -0.39 is 10.0 Å². The van der Waals surface area contributed by atoms with Crippen LogP contribution < -0.4 is 10.0 Å². The lowest BCUT2D eigenvalue weighted by Crippen LogP contribution is -2.16. The van der Waals surface area contributed by atoms with E-state index in [4.69, 9.17) is 11.6 Å². The Hall–Kier alpha value is -2.65. The van der Waals surface area contributed by atoms with Crippen molar-refractivity contribution in [2.24, 2.45) is 0 Å². The van der Waals surface area contributed by atoms with Crippen molar-refractivity contribution in [3.63, 3.8) is 0 Å². The van der Waals surface area contributed by atoms with Gasteiger partial charge in [-0.25, -0.2) is 8.42 Å². The number of amides is 1. The molecule has 0 aliphatic rings. The lowest BCUT2D eigenvalue weighted by Gasteiger charge is -2.09. The quantitative estimate of drug-likeness (QED) is 0.350. The van der Waals surface area contributed by atoms with Gasteiger partial charge in [-0.15, -0.1) is 22.7 Å². The Bertz CT molecular complexity index is 1280. The van der Waals surface area contributed by atoms with E-state index in [-0.39, 0.29) is 20.7 Å². The summed E-state index contributed by atoms with van der Waals surface area (Å²) in [5, 5.41) is 4.47. The molecule has 0 aliphatic heterocycles. The SMILES string of the molecule is O=C(Nc1ccc(-c2ccccc2)cc1)c1sccc1NS(=O)(=O)c1ccc(Cl)s1. The maximum Gasteiger partial charge on any atom is 0.271 e. The van der Waals surface area contributed by atoms with E-state index in [1.54, 1.807) is 11.4 Å². The smallest absolute Gasteiger partial charge is 0.271 e. The van der Waals surface area contributed by atoms with Crippen LogP contribution in [0.3, 0.4) is 0 Å². The van der Waals surface area contributed by atoms with Gasteiger partial charge in [0.15, 0.2) is 0 Å². The first-order valence-electron chi connectivity index (χ1n) is 8.75. The van der Waals surface area contributed by atoms with Gasteiger partial charge in [-0.05, 0) is 46.8 Å². The molecule has 0 spiro atoms.